The molecule has 0 saturated carbocycles. The largest absolute Gasteiger partial charge is 0.395 e. The second kappa shape index (κ2) is 5.58. The first-order valence-corrected chi connectivity index (χ1v) is 5.35. The zero-order valence-electron chi connectivity index (χ0n) is 8.79. The first-order valence-electron chi connectivity index (χ1n) is 5.35. The topological polar surface area (TPSA) is 35.5 Å². The van der Waals surface area contributed by atoms with E-state index < -0.39 is 0 Å². The molecule has 0 amide bonds. The highest BCUT2D eigenvalue weighted by atomic mass is 16.3. The molecule has 0 aromatic heterocycles. The molecule has 1 heterocycles. The van der Waals surface area contributed by atoms with Crippen molar-refractivity contribution < 1.29 is 5.11 Å². The van der Waals surface area contributed by atoms with Gasteiger partial charge in [-0.25, -0.2) is 0 Å². The molecule has 0 bridgehead atoms. The Balaban J connectivity index is 2.43. The van der Waals surface area contributed by atoms with Crippen LogP contribution in [-0.4, -0.2) is 48.8 Å². The lowest BCUT2D eigenvalue weighted by molar-refractivity contribution is 0.0741. The molecule has 0 aromatic rings. The van der Waals surface area contributed by atoms with E-state index in [1.807, 2.05) is 0 Å². The highest BCUT2D eigenvalue weighted by Crippen LogP contribution is 2.14. The van der Waals surface area contributed by atoms with E-state index in [1.165, 1.54) is 0 Å². The molecule has 0 aromatic carbocycles. The van der Waals surface area contributed by atoms with Crippen LogP contribution in [0.2, 0.25) is 0 Å². The van der Waals surface area contributed by atoms with Crippen molar-refractivity contribution in [3.05, 3.63) is 0 Å². The molecule has 78 valence electrons. The summed E-state index contributed by atoms with van der Waals surface area (Å²) < 4.78 is 0. The minimum atomic E-state index is 0.301. The summed E-state index contributed by atoms with van der Waals surface area (Å²) in [5.74, 6) is 0.600. The Morgan fingerprint density at radius 1 is 1.38 bits per heavy atom. The van der Waals surface area contributed by atoms with Gasteiger partial charge in [-0.3, -0.25) is 4.90 Å². The van der Waals surface area contributed by atoms with E-state index in [1.54, 1.807) is 0 Å². The summed E-state index contributed by atoms with van der Waals surface area (Å²) in [4.78, 5) is 2.41. The normalized spacial score (nSPS) is 24.2. The summed E-state index contributed by atoms with van der Waals surface area (Å²) in [5.41, 5.74) is 0. The lowest BCUT2D eigenvalue weighted by Gasteiger charge is -2.36. The minimum absolute atomic E-state index is 0.301. The van der Waals surface area contributed by atoms with Gasteiger partial charge in [0.15, 0.2) is 0 Å². The Bertz CT molecular complexity index is 135. The number of aliphatic hydroxyl groups is 1. The number of rotatable bonds is 4. The summed E-state index contributed by atoms with van der Waals surface area (Å²) >= 11 is 0. The number of nitrogens with zero attached hydrogens (tertiary/aromatic N) is 1. The van der Waals surface area contributed by atoms with Gasteiger partial charge >= 0.3 is 0 Å². The van der Waals surface area contributed by atoms with Crippen molar-refractivity contribution >= 4 is 0 Å². The van der Waals surface area contributed by atoms with Crippen LogP contribution in [0.5, 0.6) is 0 Å². The maximum absolute atomic E-state index is 9.32. The van der Waals surface area contributed by atoms with E-state index in [0.717, 1.165) is 32.6 Å². The molecule has 1 rings (SSSR count). The summed E-state index contributed by atoms with van der Waals surface area (Å²) in [6.45, 7) is 9.00. The van der Waals surface area contributed by atoms with Crippen LogP contribution in [0, 0.1) is 5.92 Å². The molecule has 2 unspecified atom stereocenters. The minimum Gasteiger partial charge on any atom is -0.395 e. The average Bonchev–Trinajstić information content (AvgIpc) is 2.20. The number of nitrogens with one attached hydrogen (secondary N) is 1. The first kappa shape index (κ1) is 11.0. The van der Waals surface area contributed by atoms with Gasteiger partial charge in [-0.1, -0.05) is 20.3 Å². The molecule has 2 atom stereocenters. The lowest BCUT2D eigenvalue weighted by Crippen LogP contribution is -2.51. The van der Waals surface area contributed by atoms with E-state index in [-0.39, 0.29) is 0 Å². The third-order valence-electron chi connectivity index (χ3n) is 3.11. The Morgan fingerprint density at radius 3 is 2.46 bits per heavy atom. The molecule has 2 N–H and O–H groups in total. The molecule has 13 heavy (non-hydrogen) atoms. The van der Waals surface area contributed by atoms with Crippen LogP contribution < -0.4 is 5.32 Å². The average molecular weight is 186 g/mol. The van der Waals surface area contributed by atoms with Crippen LogP contribution in [0.1, 0.15) is 20.3 Å². The van der Waals surface area contributed by atoms with Crippen LogP contribution in [0.15, 0.2) is 0 Å². The van der Waals surface area contributed by atoms with E-state index in [2.05, 4.69) is 24.1 Å². The Hall–Kier alpha value is -0.120. The molecule has 0 radical (unpaired) electrons. The predicted molar refractivity (Wildman–Crippen MR) is 54.8 cm³/mol. The zero-order valence-corrected chi connectivity index (χ0v) is 8.79. The van der Waals surface area contributed by atoms with E-state index >= 15 is 0 Å². The van der Waals surface area contributed by atoms with Crippen molar-refractivity contribution in [2.75, 3.05) is 32.8 Å². The molecule has 3 heteroatoms. The summed E-state index contributed by atoms with van der Waals surface area (Å²) in [6, 6.07) is 0.368. The van der Waals surface area contributed by atoms with E-state index in [0.29, 0.717) is 18.6 Å². The fourth-order valence-electron chi connectivity index (χ4n) is 1.94. The highest BCUT2D eigenvalue weighted by Gasteiger charge is 2.23. The summed E-state index contributed by atoms with van der Waals surface area (Å²) in [6.07, 6.45) is 1.15. The fraction of sp³-hybridized carbons (Fsp3) is 1.00. The van der Waals surface area contributed by atoms with Gasteiger partial charge in [0.25, 0.3) is 0 Å². The SMILES string of the molecule is CCC(C)C(CO)N1CCNCC1. The quantitative estimate of drug-likeness (QED) is 0.663. The molecule has 0 spiro atoms. The summed E-state index contributed by atoms with van der Waals surface area (Å²) in [5, 5.41) is 12.6. The molecular weight excluding hydrogens is 164 g/mol. The molecule has 3 nitrogen and oxygen atoms in total. The highest BCUT2D eigenvalue weighted by molar-refractivity contribution is 4.79. The molecule has 0 aliphatic carbocycles. The zero-order chi connectivity index (χ0) is 9.68. The number of aliphatic hydroxyl groups excluding tert-OH is 1. The second-order valence-electron chi connectivity index (χ2n) is 3.92. The van der Waals surface area contributed by atoms with Crippen LogP contribution in [0.3, 0.4) is 0 Å². The van der Waals surface area contributed by atoms with Crippen LogP contribution in [-0.2, 0) is 0 Å². The Kier molecular flexibility index (Phi) is 4.70. The lowest BCUT2D eigenvalue weighted by atomic mass is 9.98. The van der Waals surface area contributed by atoms with Crippen molar-refractivity contribution in [3.63, 3.8) is 0 Å². The third kappa shape index (κ3) is 2.93. The van der Waals surface area contributed by atoms with E-state index in [9.17, 15) is 5.11 Å². The number of piperazine rings is 1. The Morgan fingerprint density at radius 2 is 2.00 bits per heavy atom. The van der Waals surface area contributed by atoms with Crippen LogP contribution in [0.25, 0.3) is 0 Å². The van der Waals surface area contributed by atoms with Gasteiger partial charge in [0, 0.05) is 32.2 Å². The predicted octanol–water partition coefficient (Wildman–Crippen LogP) is 0.299. The smallest absolute Gasteiger partial charge is 0.0589 e. The maximum atomic E-state index is 9.32. The van der Waals surface area contributed by atoms with Crippen molar-refractivity contribution in [2.24, 2.45) is 5.92 Å². The second-order valence-corrected chi connectivity index (χ2v) is 3.92. The molecule has 1 aliphatic heterocycles. The summed E-state index contributed by atoms with van der Waals surface area (Å²) in [7, 11) is 0. The van der Waals surface area contributed by atoms with Crippen LogP contribution >= 0.6 is 0 Å². The van der Waals surface area contributed by atoms with Gasteiger partial charge in [-0.15, -0.1) is 0 Å². The molecular formula is C10H22N2O. The molecule has 1 aliphatic rings. The molecule has 1 saturated heterocycles. The van der Waals surface area contributed by atoms with Gasteiger partial charge in [-0.2, -0.15) is 0 Å². The Labute approximate surface area is 81.1 Å². The van der Waals surface area contributed by atoms with Gasteiger partial charge in [0.2, 0.25) is 0 Å². The van der Waals surface area contributed by atoms with Crippen molar-refractivity contribution in [3.8, 4) is 0 Å². The standard InChI is InChI=1S/C10H22N2O/c1-3-9(2)10(8-13)12-6-4-11-5-7-12/h9-11,13H,3-8H2,1-2H3. The van der Waals surface area contributed by atoms with Crippen molar-refractivity contribution in [1.29, 1.82) is 0 Å². The van der Waals surface area contributed by atoms with Gasteiger partial charge in [0.1, 0.15) is 0 Å². The van der Waals surface area contributed by atoms with Crippen molar-refractivity contribution in [1.82, 2.24) is 10.2 Å². The fourth-order valence-corrected chi connectivity index (χ4v) is 1.94. The van der Waals surface area contributed by atoms with Gasteiger partial charge in [-0.05, 0) is 5.92 Å². The van der Waals surface area contributed by atoms with Gasteiger partial charge in [0.05, 0.1) is 6.61 Å². The van der Waals surface area contributed by atoms with Crippen molar-refractivity contribution in [2.45, 2.75) is 26.3 Å². The number of hydrogen-bond acceptors (Lipinski definition) is 3. The van der Waals surface area contributed by atoms with Crippen LogP contribution in [0.4, 0.5) is 0 Å². The molecule has 1 fully saturated rings. The first-order chi connectivity index (χ1) is 6.29. The third-order valence-corrected chi connectivity index (χ3v) is 3.11. The van der Waals surface area contributed by atoms with E-state index in [4.69, 9.17) is 0 Å². The monoisotopic (exact) mass is 186 g/mol. The number of hydrogen-bond donors (Lipinski definition) is 2. The maximum Gasteiger partial charge on any atom is 0.0589 e. The van der Waals surface area contributed by atoms with Gasteiger partial charge < -0.3 is 10.4 Å².